The van der Waals surface area contributed by atoms with Crippen molar-refractivity contribution in [3.63, 3.8) is 0 Å². The molecule has 0 aliphatic heterocycles. The van der Waals surface area contributed by atoms with Crippen molar-refractivity contribution in [1.29, 1.82) is 0 Å². The van der Waals surface area contributed by atoms with Crippen LogP contribution in [0, 0.1) is 0 Å². The molecule has 21 heavy (non-hydrogen) atoms. The third kappa shape index (κ3) is 3.29. The summed E-state index contributed by atoms with van der Waals surface area (Å²) in [5, 5.41) is 0. The van der Waals surface area contributed by atoms with Crippen LogP contribution in [-0.2, 0) is 12.6 Å². The zero-order valence-electron chi connectivity index (χ0n) is 11.1. The Hall–Kier alpha value is -2.18. The van der Waals surface area contributed by atoms with Crippen LogP contribution in [0.25, 0.3) is 0 Å². The van der Waals surface area contributed by atoms with Gasteiger partial charge in [0.1, 0.15) is 11.6 Å². The monoisotopic (exact) mass is 294 g/mol. The molecular weight excluding hydrogens is 281 g/mol. The third-order valence-corrected chi connectivity index (χ3v) is 3.28. The predicted molar refractivity (Wildman–Crippen MR) is 70.5 cm³/mol. The summed E-state index contributed by atoms with van der Waals surface area (Å²) in [4.78, 5) is 12.4. The predicted octanol–water partition coefficient (Wildman–Crippen LogP) is 2.94. The standard InChI is InChI=1S/C14H13F3N4/c15-14(16,17)10-3-1-2-8(6-10)7-11-19-12(9-4-5-9)21-13(18)20-11/h1-3,6,9H,4-5,7H2,(H2,18,19,20,21). The normalized spacial score (nSPS) is 15.2. The Morgan fingerprint density at radius 3 is 2.57 bits per heavy atom. The molecule has 1 heterocycles. The maximum absolute atomic E-state index is 12.7. The maximum Gasteiger partial charge on any atom is 0.416 e. The van der Waals surface area contributed by atoms with Gasteiger partial charge in [0, 0.05) is 12.3 Å². The average molecular weight is 294 g/mol. The third-order valence-electron chi connectivity index (χ3n) is 3.28. The van der Waals surface area contributed by atoms with E-state index in [0.29, 0.717) is 23.1 Å². The summed E-state index contributed by atoms with van der Waals surface area (Å²) >= 11 is 0. The van der Waals surface area contributed by atoms with Gasteiger partial charge < -0.3 is 5.73 Å². The van der Waals surface area contributed by atoms with Gasteiger partial charge in [-0.05, 0) is 24.5 Å². The second-order valence-corrected chi connectivity index (χ2v) is 5.12. The van der Waals surface area contributed by atoms with Gasteiger partial charge in [0.25, 0.3) is 0 Å². The summed E-state index contributed by atoms with van der Waals surface area (Å²) in [6.07, 6.45) is -2.11. The molecule has 0 spiro atoms. The van der Waals surface area contributed by atoms with Crippen LogP contribution in [0.4, 0.5) is 19.1 Å². The summed E-state index contributed by atoms with van der Waals surface area (Å²) in [6, 6.07) is 5.15. The number of alkyl halides is 3. The number of nitrogen functional groups attached to an aromatic ring is 1. The van der Waals surface area contributed by atoms with Gasteiger partial charge in [-0.1, -0.05) is 18.2 Å². The quantitative estimate of drug-likeness (QED) is 0.945. The molecule has 1 aromatic carbocycles. The molecule has 0 amide bonds. The van der Waals surface area contributed by atoms with Crippen LogP contribution >= 0.6 is 0 Å². The summed E-state index contributed by atoms with van der Waals surface area (Å²) in [5.74, 6) is 1.48. The van der Waals surface area contributed by atoms with E-state index in [9.17, 15) is 13.2 Å². The van der Waals surface area contributed by atoms with Gasteiger partial charge in [0.2, 0.25) is 5.95 Å². The lowest BCUT2D eigenvalue weighted by Gasteiger charge is -2.09. The average Bonchev–Trinajstić information content (AvgIpc) is 3.21. The fourth-order valence-corrected chi connectivity index (χ4v) is 2.10. The summed E-state index contributed by atoms with van der Waals surface area (Å²) in [7, 11) is 0. The van der Waals surface area contributed by atoms with Crippen molar-refractivity contribution in [2.24, 2.45) is 0 Å². The largest absolute Gasteiger partial charge is 0.416 e. The molecule has 1 aliphatic rings. The Kier molecular flexibility index (Phi) is 3.27. The molecule has 2 N–H and O–H groups in total. The Labute approximate surface area is 119 Å². The van der Waals surface area contributed by atoms with Crippen molar-refractivity contribution in [3.8, 4) is 0 Å². The van der Waals surface area contributed by atoms with Crippen LogP contribution < -0.4 is 5.73 Å². The van der Waals surface area contributed by atoms with E-state index in [1.807, 2.05) is 0 Å². The zero-order valence-corrected chi connectivity index (χ0v) is 11.1. The van der Waals surface area contributed by atoms with Crippen molar-refractivity contribution in [1.82, 2.24) is 15.0 Å². The molecule has 110 valence electrons. The van der Waals surface area contributed by atoms with Gasteiger partial charge in [-0.2, -0.15) is 23.1 Å². The fraction of sp³-hybridized carbons (Fsp3) is 0.357. The molecule has 2 aromatic rings. The first-order valence-corrected chi connectivity index (χ1v) is 6.58. The molecule has 0 bridgehead atoms. The van der Waals surface area contributed by atoms with Crippen molar-refractivity contribution in [3.05, 3.63) is 47.0 Å². The van der Waals surface area contributed by atoms with Gasteiger partial charge in [0.15, 0.2) is 0 Å². The molecule has 1 aromatic heterocycles. The number of aromatic nitrogens is 3. The second-order valence-electron chi connectivity index (χ2n) is 5.12. The van der Waals surface area contributed by atoms with Gasteiger partial charge >= 0.3 is 6.18 Å². The van der Waals surface area contributed by atoms with Crippen LogP contribution in [-0.4, -0.2) is 15.0 Å². The number of rotatable bonds is 3. The Morgan fingerprint density at radius 1 is 1.14 bits per heavy atom. The number of nitrogens with two attached hydrogens (primary N) is 1. The Bertz CT molecular complexity index is 666. The van der Waals surface area contributed by atoms with E-state index in [2.05, 4.69) is 15.0 Å². The molecule has 1 aliphatic carbocycles. The van der Waals surface area contributed by atoms with Gasteiger partial charge in [0.05, 0.1) is 5.56 Å². The first kappa shape index (κ1) is 13.8. The van der Waals surface area contributed by atoms with Gasteiger partial charge in [-0.25, -0.2) is 4.98 Å². The highest BCUT2D eigenvalue weighted by atomic mass is 19.4. The SMILES string of the molecule is Nc1nc(Cc2cccc(C(F)(F)F)c2)nc(C2CC2)n1. The topological polar surface area (TPSA) is 64.7 Å². The molecule has 1 fully saturated rings. The van der Waals surface area contributed by atoms with Crippen molar-refractivity contribution in [2.45, 2.75) is 31.4 Å². The highest BCUT2D eigenvalue weighted by Crippen LogP contribution is 2.38. The number of hydrogen-bond donors (Lipinski definition) is 1. The fourth-order valence-electron chi connectivity index (χ4n) is 2.10. The second kappa shape index (κ2) is 4.98. The van der Waals surface area contributed by atoms with E-state index in [0.717, 1.165) is 25.0 Å². The molecule has 0 atom stereocenters. The smallest absolute Gasteiger partial charge is 0.368 e. The maximum atomic E-state index is 12.7. The lowest BCUT2D eigenvalue weighted by atomic mass is 10.1. The van der Waals surface area contributed by atoms with Crippen LogP contribution in [0.2, 0.25) is 0 Å². The lowest BCUT2D eigenvalue weighted by molar-refractivity contribution is -0.137. The van der Waals surface area contributed by atoms with Crippen molar-refractivity contribution < 1.29 is 13.2 Å². The van der Waals surface area contributed by atoms with E-state index in [1.165, 1.54) is 6.07 Å². The van der Waals surface area contributed by atoms with Crippen LogP contribution in [0.3, 0.4) is 0 Å². The Balaban J connectivity index is 1.86. The van der Waals surface area contributed by atoms with Crippen molar-refractivity contribution in [2.75, 3.05) is 5.73 Å². The minimum absolute atomic E-state index is 0.119. The summed E-state index contributed by atoms with van der Waals surface area (Å²) < 4.78 is 38.1. The first-order chi connectivity index (χ1) is 9.91. The van der Waals surface area contributed by atoms with Crippen molar-refractivity contribution >= 4 is 5.95 Å². The lowest BCUT2D eigenvalue weighted by Crippen LogP contribution is -2.08. The van der Waals surface area contributed by atoms with Gasteiger partial charge in [-0.3, -0.25) is 0 Å². The number of anilines is 1. The highest BCUT2D eigenvalue weighted by Gasteiger charge is 2.30. The van der Waals surface area contributed by atoms with E-state index in [4.69, 9.17) is 5.73 Å². The first-order valence-electron chi connectivity index (χ1n) is 6.58. The molecule has 4 nitrogen and oxygen atoms in total. The van der Waals surface area contributed by atoms with E-state index < -0.39 is 11.7 Å². The Morgan fingerprint density at radius 2 is 1.90 bits per heavy atom. The molecule has 3 rings (SSSR count). The molecule has 0 saturated heterocycles. The van der Waals surface area contributed by atoms with Crippen LogP contribution in [0.5, 0.6) is 0 Å². The number of halogens is 3. The molecule has 1 saturated carbocycles. The summed E-state index contributed by atoms with van der Waals surface area (Å²) in [5.41, 5.74) is 5.46. The molecule has 0 radical (unpaired) electrons. The zero-order chi connectivity index (χ0) is 15.0. The van der Waals surface area contributed by atoms with Crippen LogP contribution in [0.15, 0.2) is 24.3 Å². The molecular formula is C14H13F3N4. The summed E-state index contributed by atoms with van der Waals surface area (Å²) in [6.45, 7) is 0. The van der Waals surface area contributed by atoms with E-state index in [1.54, 1.807) is 6.07 Å². The van der Waals surface area contributed by atoms with Crippen LogP contribution in [0.1, 0.15) is 41.5 Å². The minimum atomic E-state index is -4.35. The molecule has 7 heteroatoms. The minimum Gasteiger partial charge on any atom is -0.368 e. The van der Waals surface area contributed by atoms with Gasteiger partial charge in [-0.15, -0.1) is 0 Å². The van der Waals surface area contributed by atoms with E-state index >= 15 is 0 Å². The number of nitrogens with zero attached hydrogens (tertiary/aromatic N) is 3. The number of benzene rings is 1. The van der Waals surface area contributed by atoms with E-state index in [-0.39, 0.29) is 12.4 Å². The highest BCUT2D eigenvalue weighted by molar-refractivity contribution is 5.29. The number of hydrogen-bond acceptors (Lipinski definition) is 4. The molecule has 0 unspecified atom stereocenters.